The summed E-state index contributed by atoms with van der Waals surface area (Å²) in [6.07, 6.45) is 1.87. The van der Waals surface area contributed by atoms with Crippen molar-refractivity contribution < 1.29 is 0 Å². The summed E-state index contributed by atoms with van der Waals surface area (Å²) < 4.78 is 0. The monoisotopic (exact) mass is 399 g/mol. The van der Waals surface area contributed by atoms with Crippen LogP contribution in [0, 0.1) is 0 Å². The average Bonchev–Trinajstić information content (AvgIpc) is 2.74. The second-order valence-corrected chi connectivity index (χ2v) is 10.8. The van der Waals surface area contributed by atoms with E-state index in [4.69, 9.17) is 0 Å². The molecule has 0 aliphatic carbocycles. The van der Waals surface area contributed by atoms with Crippen LogP contribution in [0.2, 0.25) is 0 Å². The molecule has 4 aromatic rings. The van der Waals surface area contributed by atoms with Crippen LogP contribution >= 0.6 is 31.4 Å². The first-order valence-corrected chi connectivity index (χ1v) is 11.8. The van der Waals surface area contributed by atoms with E-state index in [9.17, 15) is 0 Å². The van der Waals surface area contributed by atoms with Gasteiger partial charge in [-0.1, -0.05) is 66.0 Å². The number of benzene rings is 3. The van der Waals surface area contributed by atoms with Crippen molar-refractivity contribution in [1.29, 1.82) is 0 Å². The first-order valence-electron chi connectivity index (χ1n) is 8.82. The molecule has 27 heavy (non-hydrogen) atoms. The van der Waals surface area contributed by atoms with E-state index in [2.05, 4.69) is 77.8 Å². The van der Waals surface area contributed by atoms with Crippen molar-refractivity contribution in [2.45, 2.75) is 19.6 Å². The molecular formula is C23H14NPS2. The fraction of sp³-hybridized carbons (Fsp3) is 0. The van der Waals surface area contributed by atoms with E-state index in [0.29, 0.717) is 0 Å². The van der Waals surface area contributed by atoms with Crippen LogP contribution in [0.25, 0.3) is 11.3 Å². The zero-order chi connectivity index (χ0) is 17.8. The minimum absolute atomic E-state index is 0.494. The van der Waals surface area contributed by atoms with Gasteiger partial charge in [-0.15, -0.1) is 0 Å². The Kier molecular flexibility index (Phi) is 3.68. The smallest absolute Gasteiger partial charge is 0.0702 e. The molecule has 3 aromatic carbocycles. The van der Waals surface area contributed by atoms with Gasteiger partial charge >= 0.3 is 0 Å². The van der Waals surface area contributed by atoms with Crippen molar-refractivity contribution in [1.82, 2.24) is 4.98 Å². The minimum atomic E-state index is -0.494. The first-order chi connectivity index (χ1) is 13.4. The number of nitrogens with zero attached hydrogens (tertiary/aromatic N) is 1. The Morgan fingerprint density at radius 1 is 0.630 bits per heavy atom. The van der Waals surface area contributed by atoms with E-state index in [0.717, 1.165) is 5.69 Å². The molecule has 1 nitrogen and oxygen atoms in total. The number of hydrogen-bond donors (Lipinski definition) is 0. The third-order valence-electron chi connectivity index (χ3n) is 4.88. The summed E-state index contributed by atoms with van der Waals surface area (Å²) in [5, 5.41) is 4.51. The van der Waals surface area contributed by atoms with Crippen LogP contribution in [0.3, 0.4) is 0 Å². The van der Waals surface area contributed by atoms with Crippen LogP contribution in [0.4, 0.5) is 0 Å². The number of pyridine rings is 1. The van der Waals surface area contributed by atoms with Crippen LogP contribution in [0.1, 0.15) is 0 Å². The highest BCUT2D eigenvalue weighted by molar-refractivity contribution is 8.04. The Bertz CT molecular complexity index is 1120. The van der Waals surface area contributed by atoms with Crippen molar-refractivity contribution in [2.75, 3.05) is 0 Å². The van der Waals surface area contributed by atoms with Crippen molar-refractivity contribution in [3.63, 3.8) is 0 Å². The molecule has 0 fully saturated rings. The van der Waals surface area contributed by atoms with E-state index in [1.807, 2.05) is 35.8 Å². The Morgan fingerprint density at radius 2 is 1.22 bits per heavy atom. The SMILES string of the molecule is c1ccc(-c2cc3c4c(c2)Sc2ccccc2P4c2ccccc2S3)nc1. The van der Waals surface area contributed by atoms with E-state index >= 15 is 0 Å². The second-order valence-electron chi connectivity index (χ2n) is 6.51. The van der Waals surface area contributed by atoms with Crippen LogP contribution in [-0.4, -0.2) is 4.98 Å². The van der Waals surface area contributed by atoms with Gasteiger partial charge in [-0.3, -0.25) is 4.98 Å². The van der Waals surface area contributed by atoms with Gasteiger partial charge in [0.25, 0.3) is 0 Å². The maximum atomic E-state index is 4.59. The van der Waals surface area contributed by atoms with Gasteiger partial charge in [0.15, 0.2) is 0 Å². The molecule has 0 spiro atoms. The third kappa shape index (κ3) is 2.50. The van der Waals surface area contributed by atoms with Gasteiger partial charge in [0.05, 0.1) is 5.69 Å². The molecule has 128 valence electrons. The lowest BCUT2D eigenvalue weighted by Crippen LogP contribution is -2.31. The highest BCUT2D eigenvalue weighted by Gasteiger charge is 2.35. The topological polar surface area (TPSA) is 12.9 Å². The van der Waals surface area contributed by atoms with Crippen molar-refractivity contribution >= 4 is 47.4 Å². The minimum Gasteiger partial charge on any atom is -0.256 e. The van der Waals surface area contributed by atoms with Crippen LogP contribution in [0.15, 0.2) is 105 Å². The standard InChI is InChI=1S/C23H14NPS2/c1-3-10-19-17(8-1)25-18-9-2-4-11-20(18)27-22-14-15(13-21(26-19)23(22)25)16-7-5-6-12-24-16/h1-14H. The highest BCUT2D eigenvalue weighted by Crippen LogP contribution is 2.54. The van der Waals surface area contributed by atoms with E-state index in [-0.39, 0.29) is 0 Å². The predicted octanol–water partition coefficient (Wildman–Crippen LogP) is 5.44. The highest BCUT2D eigenvalue weighted by atomic mass is 32.2. The summed E-state index contributed by atoms with van der Waals surface area (Å²) in [7, 11) is -0.494. The van der Waals surface area contributed by atoms with Crippen molar-refractivity contribution in [3.8, 4) is 11.3 Å². The van der Waals surface area contributed by atoms with Gasteiger partial charge in [0.1, 0.15) is 0 Å². The average molecular weight is 399 g/mol. The maximum Gasteiger partial charge on any atom is 0.0702 e. The van der Waals surface area contributed by atoms with E-state index < -0.39 is 7.92 Å². The van der Waals surface area contributed by atoms with Gasteiger partial charge in [-0.25, -0.2) is 0 Å². The van der Waals surface area contributed by atoms with Gasteiger partial charge in [-0.2, -0.15) is 0 Å². The molecule has 0 bridgehead atoms. The number of hydrogen-bond acceptors (Lipinski definition) is 3. The molecule has 1 aromatic heterocycles. The number of fused-ring (bicyclic) bond motifs is 4. The molecule has 2 aliphatic heterocycles. The van der Waals surface area contributed by atoms with Crippen LogP contribution < -0.4 is 15.9 Å². The summed E-state index contributed by atoms with van der Waals surface area (Å²) in [5.41, 5.74) is 2.25. The number of aromatic nitrogens is 1. The fourth-order valence-corrected chi connectivity index (χ4v) is 9.68. The van der Waals surface area contributed by atoms with Gasteiger partial charge < -0.3 is 0 Å². The Hall–Kier alpha value is -2.06. The molecule has 0 N–H and O–H groups in total. The summed E-state index contributed by atoms with van der Waals surface area (Å²) >= 11 is 3.82. The molecular weight excluding hydrogens is 385 g/mol. The van der Waals surface area contributed by atoms with Crippen LogP contribution in [-0.2, 0) is 0 Å². The summed E-state index contributed by atoms with van der Waals surface area (Å²) in [4.78, 5) is 10.1. The van der Waals surface area contributed by atoms with E-state index in [1.165, 1.54) is 41.1 Å². The lowest BCUT2D eigenvalue weighted by molar-refractivity contribution is 1.29. The second kappa shape index (κ2) is 6.24. The van der Waals surface area contributed by atoms with E-state index in [1.54, 1.807) is 0 Å². The summed E-state index contributed by atoms with van der Waals surface area (Å²) in [6.45, 7) is 0. The molecule has 0 saturated heterocycles. The summed E-state index contributed by atoms with van der Waals surface area (Å²) in [6, 6.07) is 28.6. The third-order valence-corrected chi connectivity index (χ3v) is 10.4. The van der Waals surface area contributed by atoms with Gasteiger partial charge in [-0.05, 0) is 54.9 Å². The van der Waals surface area contributed by atoms with Gasteiger partial charge in [0, 0.05) is 36.6 Å². The first kappa shape index (κ1) is 15.9. The molecule has 0 amide bonds. The largest absolute Gasteiger partial charge is 0.256 e. The Balaban J connectivity index is 1.64. The maximum absolute atomic E-state index is 4.59. The molecule has 0 saturated carbocycles. The molecule has 3 heterocycles. The number of rotatable bonds is 1. The quantitative estimate of drug-likeness (QED) is 0.342. The Morgan fingerprint density at radius 3 is 1.81 bits per heavy atom. The fourth-order valence-electron chi connectivity index (χ4n) is 3.70. The van der Waals surface area contributed by atoms with Crippen molar-refractivity contribution in [2.24, 2.45) is 0 Å². The molecule has 4 heteroatoms. The molecule has 2 aliphatic rings. The molecule has 0 unspecified atom stereocenters. The zero-order valence-electron chi connectivity index (χ0n) is 14.3. The molecule has 0 radical (unpaired) electrons. The molecule has 0 atom stereocenters. The van der Waals surface area contributed by atoms with Gasteiger partial charge in [0.2, 0.25) is 0 Å². The molecule has 6 rings (SSSR count). The lowest BCUT2D eigenvalue weighted by Gasteiger charge is -2.35. The van der Waals surface area contributed by atoms with Crippen molar-refractivity contribution in [3.05, 3.63) is 85.1 Å². The zero-order valence-corrected chi connectivity index (χ0v) is 16.8. The summed E-state index contributed by atoms with van der Waals surface area (Å²) in [5.74, 6) is 0. The Labute approximate surface area is 168 Å². The van der Waals surface area contributed by atoms with Crippen LogP contribution in [0.5, 0.6) is 0 Å². The normalized spacial score (nSPS) is 14.2. The predicted molar refractivity (Wildman–Crippen MR) is 117 cm³/mol. The lowest BCUT2D eigenvalue weighted by atomic mass is 10.1.